The Kier molecular flexibility index (Phi) is 4.34. The van der Waals surface area contributed by atoms with Gasteiger partial charge in [-0.15, -0.1) is 0 Å². The molecule has 0 aliphatic carbocycles. The number of hydrogen-bond donors (Lipinski definition) is 0. The molecule has 0 N–H and O–H groups in total. The smallest absolute Gasteiger partial charge is 0.256 e. The number of fused-ring (bicyclic) bond motifs is 3. The summed E-state index contributed by atoms with van der Waals surface area (Å²) in [6.45, 7) is 2.11. The minimum atomic E-state index is -0.268. The number of piperidine rings is 1. The van der Waals surface area contributed by atoms with E-state index in [0.717, 1.165) is 23.7 Å². The van der Waals surface area contributed by atoms with Gasteiger partial charge < -0.3 is 14.2 Å². The Morgan fingerprint density at radius 2 is 2.00 bits per heavy atom. The van der Waals surface area contributed by atoms with Crippen LogP contribution in [0.1, 0.15) is 34.3 Å². The Bertz CT molecular complexity index is 1150. The van der Waals surface area contributed by atoms with Crippen molar-refractivity contribution in [3.8, 4) is 6.07 Å². The van der Waals surface area contributed by atoms with Crippen molar-refractivity contribution in [2.24, 2.45) is 0 Å². The standard InChI is InChI=1S/C23H20ClN3O2/c24-17-5-6-18-19(14-27(12-9-25)21(18)13-17)22(28)26-10-7-23(8-11-26)20-4-2-1-3-16(20)15-29-23/h1-6,13-14H,7-8,10-12,15H2. The number of likely N-dealkylation sites (tertiary alicyclic amines) is 1. The Morgan fingerprint density at radius 1 is 1.21 bits per heavy atom. The number of benzene rings is 2. The number of halogens is 1. The molecule has 2 aromatic carbocycles. The molecule has 0 bridgehead atoms. The van der Waals surface area contributed by atoms with E-state index in [2.05, 4.69) is 24.3 Å². The molecule has 6 heteroatoms. The van der Waals surface area contributed by atoms with Crippen molar-refractivity contribution in [3.63, 3.8) is 0 Å². The molecule has 1 amide bonds. The number of nitrogens with zero attached hydrogens (tertiary/aromatic N) is 3. The molecule has 29 heavy (non-hydrogen) atoms. The van der Waals surface area contributed by atoms with Crippen molar-refractivity contribution in [3.05, 3.63) is 70.4 Å². The fraction of sp³-hybridized carbons (Fsp3) is 0.304. The first-order valence-electron chi connectivity index (χ1n) is 9.78. The van der Waals surface area contributed by atoms with Crippen molar-refractivity contribution < 1.29 is 9.53 Å². The van der Waals surface area contributed by atoms with E-state index in [4.69, 9.17) is 21.6 Å². The number of ether oxygens (including phenoxy) is 1. The van der Waals surface area contributed by atoms with E-state index < -0.39 is 0 Å². The van der Waals surface area contributed by atoms with Crippen molar-refractivity contribution in [1.29, 1.82) is 5.26 Å². The van der Waals surface area contributed by atoms with Gasteiger partial charge in [-0.3, -0.25) is 4.79 Å². The molecule has 1 spiro atoms. The zero-order valence-corrected chi connectivity index (χ0v) is 16.7. The minimum Gasteiger partial charge on any atom is -0.365 e. The number of rotatable bonds is 2. The van der Waals surface area contributed by atoms with Gasteiger partial charge in [0.15, 0.2) is 0 Å². The molecule has 0 atom stereocenters. The molecule has 1 fully saturated rings. The number of amides is 1. The molecule has 2 aliphatic rings. The first kappa shape index (κ1) is 18.2. The third kappa shape index (κ3) is 2.91. The monoisotopic (exact) mass is 405 g/mol. The number of aromatic nitrogens is 1. The van der Waals surface area contributed by atoms with Gasteiger partial charge in [-0.2, -0.15) is 5.26 Å². The lowest BCUT2D eigenvalue weighted by Crippen LogP contribution is -2.45. The average Bonchev–Trinajstić information content (AvgIpc) is 3.28. The Morgan fingerprint density at radius 3 is 2.79 bits per heavy atom. The van der Waals surface area contributed by atoms with Crippen LogP contribution in [0.3, 0.4) is 0 Å². The molecule has 0 radical (unpaired) electrons. The fourth-order valence-corrected chi connectivity index (χ4v) is 4.85. The summed E-state index contributed by atoms with van der Waals surface area (Å²) in [5.74, 6) is -0.00450. The van der Waals surface area contributed by atoms with Crippen LogP contribution in [0.4, 0.5) is 0 Å². The lowest BCUT2D eigenvalue weighted by Gasteiger charge is -2.39. The summed E-state index contributed by atoms with van der Waals surface area (Å²) >= 11 is 6.13. The molecular formula is C23H20ClN3O2. The van der Waals surface area contributed by atoms with Gasteiger partial charge in [0.25, 0.3) is 5.91 Å². The highest BCUT2D eigenvalue weighted by atomic mass is 35.5. The SMILES string of the molecule is N#CCn1cc(C(=O)N2CCC3(CC2)OCc2ccccc23)c2ccc(Cl)cc21. The van der Waals surface area contributed by atoms with Gasteiger partial charge in [0.05, 0.1) is 29.4 Å². The lowest BCUT2D eigenvalue weighted by molar-refractivity contribution is -0.0741. The van der Waals surface area contributed by atoms with Gasteiger partial charge in [0.1, 0.15) is 6.54 Å². The maximum atomic E-state index is 13.3. The molecule has 1 saturated heterocycles. The largest absolute Gasteiger partial charge is 0.365 e. The van der Waals surface area contributed by atoms with E-state index >= 15 is 0 Å². The van der Waals surface area contributed by atoms with E-state index in [0.29, 0.717) is 30.3 Å². The van der Waals surface area contributed by atoms with Crippen LogP contribution >= 0.6 is 11.6 Å². The summed E-state index contributed by atoms with van der Waals surface area (Å²) in [7, 11) is 0. The molecule has 2 aliphatic heterocycles. The number of carbonyl (C=O) groups is 1. The third-order valence-corrected chi connectivity index (χ3v) is 6.42. The van der Waals surface area contributed by atoms with E-state index in [1.807, 2.05) is 17.0 Å². The van der Waals surface area contributed by atoms with Gasteiger partial charge in [-0.25, -0.2) is 0 Å². The summed E-state index contributed by atoms with van der Waals surface area (Å²) in [6, 6.07) is 16.0. The quantitative estimate of drug-likeness (QED) is 0.631. The normalized spacial score (nSPS) is 17.4. The second-order valence-electron chi connectivity index (χ2n) is 7.72. The van der Waals surface area contributed by atoms with Gasteiger partial charge in [-0.05, 0) is 36.1 Å². The van der Waals surface area contributed by atoms with Crippen LogP contribution in [0.2, 0.25) is 5.02 Å². The molecule has 3 heterocycles. The molecular weight excluding hydrogens is 386 g/mol. The highest BCUT2D eigenvalue weighted by Crippen LogP contribution is 2.44. The molecule has 3 aromatic rings. The van der Waals surface area contributed by atoms with E-state index in [1.54, 1.807) is 22.9 Å². The van der Waals surface area contributed by atoms with Crippen LogP contribution in [0, 0.1) is 11.3 Å². The predicted molar refractivity (Wildman–Crippen MR) is 111 cm³/mol. The highest BCUT2D eigenvalue weighted by Gasteiger charge is 2.43. The zero-order chi connectivity index (χ0) is 20.0. The highest BCUT2D eigenvalue weighted by molar-refractivity contribution is 6.31. The maximum Gasteiger partial charge on any atom is 0.256 e. The van der Waals surface area contributed by atoms with Crippen LogP contribution in [-0.2, 0) is 23.5 Å². The Hall–Kier alpha value is -2.81. The predicted octanol–water partition coefficient (Wildman–Crippen LogP) is 4.48. The van der Waals surface area contributed by atoms with Gasteiger partial charge in [-0.1, -0.05) is 41.9 Å². The van der Waals surface area contributed by atoms with Gasteiger partial charge >= 0.3 is 0 Å². The minimum absolute atomic E-state index is 0.00450. The van der Waals surface area contributed by atoms with E-state index in [-0.39, 0.29) is 18.1 Å². The van der Waals surface area contributed by atoms with Crippen molar-refractivity contribution in [1.82, 2.24) is 9.47 Å². The van der Waals surface area contributed by atoms with Crippen LogP contribution < -0.4 is 0 Å². The van der Waals surface area contributed by atoms with Crippen molar-refractivity contribution >= 4 is 28.4 Å². The third-order valence-electron chi connectivity index (χ3n) is 6.19. The summed E-state index contributed by atoms with van der Waals surface area (Å²) in [5, 5.41) is 10.5. The Balaban J connectivity index is 1.41. The van der Waals surface area contributed by atoms with E-state index in [1.165, 1.54) is 11.1 Å². The topological polar surface area (TPSA) is 58.3 Å². The number of carbonyl (C=O) groups excluding carboxylic acids is 1. The summed E-state index contributed by atoms with van der Waals surface area (Å²) in [6.07, 6.45) is 3.36. The second-order valence-corrected chi connectivity index (χ2v) is 8.16. The molecule has 0 saturated carbocycles. The van der Waals surface area contributed by atoms with Crippen molar-refractivity contribution in [2.45, 2.75) is 31.6 Å². The fourth-order valence-electron chi connectivity index (χ4n) is 4.68. The van der Waals surface area contributed by atoms with Crippen LogP contribution in [0.25, 0.3) is 10.9 Å². The lowest BCUT2D eigenvalue weighted by atomic mass is 9.83. The summed E-state index contributed by atoms with van der Waals surface area (Å²) < 4.78 is 8.00. The first-order valence-corrected chi connectivity index (χ1v) is 10.2. The second kappa shape index (κ2) is 6.91. The number of hydrogen-bond acceptors (Lipinski definition) is 3. The van der Waals surface area contributed by atoms with Crippen LogP contribution in [0.5, 0.6) is 0 Å². The van der Waals surface area contributed by atoms with Gasteiger partial charge in [0.2, 0.25) is 0 Å². The first-order chi connectivity index (χ1) is 14.1. The summed E-state index contributed by atoms with van der Waals surface area (Å²) in [5.41, 5.74) is 3.69. The average molecular weight is 406 g/mol. The molecule has 0 unspecified atom stereocenters. The van der Waals surface area contributed by atoms with E-state index in [9.17, 15) is 4.79 Å². The summed E-state index contributed by atoms with van der Waals surface area (Å²) in [4.78, 5) is 15.2. The molecule has 5 rings (SSSR count). The molecule has 146 valence electrons. The maximum absolute atomic E-state index is 13.3. The zero-order valence-electron chi connectivity index (χ0n) is 15.9. The number of nitriles is 1. The molecule has 5 nitrogen and oxygen atoms in total. The van der Waals surface area contributed by atoms with Crippen LogP contribution in [-0.4, -0.2) is 28.5 Å². The molecule has 1 aromatic heterocycles. The Labute approximate surface area is 174 Å². The van der Waals surface area contributed by atoms with Crippen LogP contribution in [0.15, 0.2) is 48.7 Å². The van der Waals surface area contributed by atoms with Gasteiger partial charge in [0, 0.05) is 29.7 Å². The van der Waals surface area contributed by atoms with Crippen molar-refractivity contribution in [2.75, 3.05) is 13.1 Å².